The van der Waals surface area contributed by atoms with Crippen LogP contribution in [0.4, 0.5) is 0 Å². The predicted octanol–water partition coefficient (Wildman–Crippen LogP) is 22.3. The van der Waals surface area contributed by atoms with Gasteiger partial charge in [-0.1, -0.05) is 320 Å². The maximum absolute atomic E-state index is 12.8. The molecule has 2 atom stereocenters. The zero-order valence-corrected chi connectivity index (χ0v) is 54.7. The van der Waals surface area contributed by atoms with E-state index in [1.54, 1.807) is 0 Å². The highest BCUT2D eigenvalue weighted by Crippen LogP contribution is 2.43. The van der Waals surface area contributed by atoms with Crippen molar-refractivity contribution in [2.45, 2.75) is 354 Å². The van der Waals surface area contributed by atoms with Gasteiger partial charge in [-0.25, -0.2) is 4.57 Å². The van der Waals surface area contributed by atoms with Gasteiger partial charge < -0.3 is 18.9 Å². The fraction of sp³-hybridized carbons (Fsp3) is 0.886. The molecule has 0 rings (SSSR count). The number of ether oxygens (including phenoxy) is 2. The Morgan fingerprint density at radius 1 is 0.388 bits per heavy atom. The summed E-state index contributed by atoms with van der Waals surface area (Å²) in [6.07, 6.45) is 78.4. The largest absolute Gasteiger partial charge is 0.472 e. The number of quaternary nitrogens is 1. The third-order valence-electron chi connectivity index (χ3n) is 15.7. The molecule has 2 unspecified atom stereocenters. The van der Waals surface area contributed by atoms with Gasteiger partial charge in [0.2, 0.25) is 0 Å². The van der Waals surface area contributed by atoms with E-state index in [0.717, 1.165) is 44.9 Å². The number of carbonyl (C=O) groups is 2. The molecule has 0 radical (unpaired) electrons. The first-order valence-electron chi connectivity index (χ1n) is 34.7. The minimum Gasteiger partial charge on any atom is -0.462 e. The van der Waals surface area contributed by atoms with Crippen molar-refractivity contribution >= 4 is 19.8 Å². The molecule has 1 N–H and O–H groups in total. The summed E-state index contributed by atoms with van der Waals surface area (Å²) in [4.78, 5) is 35.7. The molecule has 0 fully saturated rings. The Kier molecular flexibility index (Phi) is 60.4. The number of likely N-dealkylation sites (N-methyl/N-ethyl adjacent to an activating group) is 1. The van der Waals surface area contributed by atoms with Crippen molar-refractivity contribution < 1.29 is 42.1 Å². The summed E-state index contributed by atoms with van der Waals surface area (Å²) < 4.78 is 34.6. The van der Waals surface area contributed by atoms with E-state index >= 15 is 0 Å². The molecule has 0 aliphatic rings. The number of unbranched alkanes of at least 4 members (excludes halogenated alkanes) is 45. The molecule has 0 amide bonds. The maximum Gasteiger partial charge on any atom is 0.472 e. The monoisotopic (exact) mass is 1150 g/mol. The van der Waals surface area contributed by atoms with Crippen LogP contribution in [-0.2, 0) is 32.7 Å². The minimum absolute atomic E-state index is 0.0356. The molecule has 0 aromatic carbocycles. The van der Waals surface area contributed by atoms with E-state index in [0.29, 0.717) is 23.9 Å². The van der Waals surface area contributed by atoms with Crippen LogP contribution in [0.25, 0.3) is 0 Å². The van der Waals surface area contributed by atoms with Crippen LogP contribution in [0, 0.1) is 0 Å². The van der Waals surface area contributed by atoms with Gasteiger partial charge in [0.25, 0.3) is 0 Å². The van der Waals surface area contributed by atoms with Crippen molar-refractivity contribution in [2.75, 3.05) is 47.5 Å². The van der Waals surface area contributed by atoms with E-state index in [4.69, 9.17) is 18.5 Å². The molecule has 0 aromatic rings. The highest BCUT2D eigenvalue weighted by molar-refractivity contribution is 7.47. The second-order valence-corrected chi connectivity index (χ2v) is 26.4. The maximum atomic E-state index is 12.8. The van der Waals surface area contributed by atoms with Gasteiger partial charge in [0.05, 0.1) is 27.7 Å². The average molecular weight is 1150 g/mol. The van der Waals surface area contributed by atoms with E-state index in [-0.39, 0.29) is 25.6 Å². The summed E-state index contributed by atoms with van der Waals surface area (Å²) in [6, 6.07) is 0. The fourth-order valence-electron chi connectivity index (χ4n) is 10.3. The van der Waals surface area contributed by atoms with Gasteiger partial charge in [-0.05, 0) is 51.4 Å². The zero-order valence-electron chi connectivity index (χ0n) is 53.8. The Morgan fingerprint density at radius 3 is 1.00 bits per heavy atom. The number of rotatable bonds is 65. The Bertz CT molecular complexity index is 1440. The molecule has 0 saturated carbocycles. The van der Waals surface area contributed by atoms with Crippen LogP contribution in [0.3, 0.4) is 0 Å². The van der Waals surface area contributed by atoms with E-state index in [1.165, 1.54) is 270 Å². The molecule has 0 heterocycles. The molecule has 472 valence electrons. The molecule has 0 aliphatic carbocycles. The molecule has 10 heteroatoms. The van der Waals surface area contributed by atoms with Crippen molar-refractivity contribution in [1.82, 2.24) is 0 Å². The quantitative estimate of drug-likeness (QED) is 0.0211. The number of phosphoric ester groups is 1. The summed E-state index contributed by atoms with van der Waals surface area (Å²) >= 11 is 0. The summed E-state index contributed by atoms with van der Waals surface area (Å²) in [5, 5.41) is 0. The molecule has 0 aromatic heterocycles. The van der Waals surface area contributed by atoms with Crippen molar-refractivity contribution in [1.29, 1.82) is 0 Å². The lowest BCUT2D eigenvalue weighted by molar-refractivity contribution is -0.870. The number of phosphoric acid groups is 1. The third kappa shape index (κ3) is 65.4. The average Bonchev–Trinajstić information content (AvgIpc) is 3.42. The van der Waals surface area contributed by atoms with Crippen molar-refractivity contribution in [2.24, 2.45) is 0 Å². The number of carbonyl (C=O) groups excluding carboxylic acids is 2. The summed E-state index contributed by atoms with van der Waals surface area (Å²) in [6.45, 7) is 4.48. The molecule has 80 heavy (non-hydrogen) atoms. The SMILES string of the molecule is CCCCCCC/C=C\C/C=C\C/C=C\CCCCCCCCCCCCCCCCCCCCCCCCCCCCC(=O)OC(COC(=O)CCCCCCCCCCCCCCCCC)COP(=O)(O)OCC[N+](C)(C)C. The predicted molar refractivity (Wildman–Crippen MR) is 344 cm³/mol. The summed E-state index contributed by atoms with van der Waals surface area (Å²) in [5.74, 6) is -0.776. The van der Waals surface area contributed by atoms with Crippen molar-refractivity contribution in [3.8, 4) is 0 Å². The van der Waals surface area contributed by atoms with Gasteiger partial charge in [-0.2, -0.15) is 0 Å². The Labute approximate surface area is 497 Å². The lowest BCUT2D eigenvalue weighted by Crippen LogP contribution is -2.37. The lowest BCUT2D eigenvalue weighted by Gasteiger charge is -2.24. The van der Waals surface area contributed by atoms with Gasteiger partial charge in [0.15, 0.2) is 6.10 Å². The Balaban J connectivity index is 3.85. The van der Waals surface area contributed by atoms with Crippen LogP contribution in [0.5, 0.6) is 0 Å². The normalized spacial score (nSPS) is 13.3. The van der Waals surface area contributed by atoms with Crippen LogP contribution in [-0.4, -0.2) is 74.9 Å². The van der Waals surface area contributed by atoms with Crippen LogP contribution < -0.4 is 0 Å². The first-order valence-corrected chi connectivity index (χ1v) is 36.2. The molecule has 0 bridgehead atoms. The van der Waals surface area contributed by atoms with E-state index < -0.39 is 26.5 Å². The second-order valence-electron chi connectivity index (χ2n) is 24.9. The van der Waals surface area contributed by atoms with Gasteiger partial charge in [-0.15, -0.1) is 0 Å². The van der Waals surface area contributed by atoms with Gasteiger partial charge in [0.1, 0.15) is 19.8 Å². The Morgan fingerprint density at radius 2 is 0.675 bits per heavy atom. The van der Waals surface area contributed by atoms with Gasteiger partial charge >= 0.3 is 19.8 Å². The van der Waals surface area contributed by atoms with E-state index in [2.05, 4.69) is 50.3 Å². The molecular formula is C70H135NO8P+. The molecule has 0 aliphatic heterocycles. The van der Waals surface area contributed by atoms with Crippen LogP contribution in [0.1, 0.15) is 348 Å². The highest BCUT2D eigenvalue weighted by atomic mass is 31.2. The minimum atomic E-state index is -4.38. The fourth-order valence-corrected chi connectivity index (χ4v) is 11.1. The highest BCUT2D eigenvalue weighted by Gasteiger charge is 2.27. The molecular weight excluding hydrogens is 1010 g/mol. The molecule has 0 saturated heterocycles. The summed E-state index contributed by atoms with van der Waals surface area (Å²) in [5.41, 5.74) is 0. The Hall–Kier alpha value is -1.77. The lowest BCUT2D eigenvalue weighted by atomic mass is 10.0. The third-order valence-corrected chi connectivity index (χ3v) is 16.7. The summed E-state index contributed by atoms with van der Waals surface area (Å²) in [7, 11) is 1.50. The topological polar surface area (TPSA) is 108 Å². The smallest absolute Gasteiger partial charge is 0.462 e. The van der Waals surface area contributed by atoms with E-state index in [1.807, 2.05) is 21.1 Å². The van der Waals surface area contributed by atoms with Gasteiger partial charge in [0, 0.05) is 12.8 Å². The first kappa shape index (κ1) is 78.2. The number of allylic oxidation sites excluding steroid dienone is 6. The second kappa shape index (κ2) is 61.8. The van der Waals surface area contributed by atoms with Gasteiger partial charge in [-0.3, -0.25) is 18.6 Å². The number of hydrogen-bond donors (Lipinski definition) is 1. The zero-order chi connectivity index (χ0) is 58.4. The molecule has 0 spiro atoms. The first-order chi connectivity index (χ1) is 39.0. The van der Waals surface area contributed by atoms with Crippen LogP contribution >= 0.6 is 7.82 Å². The van der Waals surface area contributed by atoms with Crippen LogP contribution in [0.2, 0.25) is 0 Å². The number of hydrogen-bond acceptors (Lipinski definition) is 7. The number of esters is 2. The molecule has 9 nitrogen and oxygen atoms in total. The number of nitrogens with zero attached hydrogens (tertiary/aromatic N) is 1. The van der Waals surface area contributed by atoms with Crippen molar-refractivity contribution in [3.63, 3.8) is 0 Å². The standard InChI is InChI=1S/C70H134NO8P/c1-6-8-10-12-14-16-18-20-22-23-24-25-26-27-28-29-30-31-32-33-34-35-36-37-38-39-40-41-42-43-44-45-46-47-49-51-53-55-57-59-61-63-70(73)79-68(67-78-80(74,75)77-65-64-71(3,4)5)66-76-69(72)62-60-58-56-54-52-50-48-21-19-17-15-13-11-9-7-2/h18,20,23-24,26-27,68H,6-17,19,21-22,25,28-67H2,1-5H3/p+1/b20-18-,24-23-,27-26-. The van der Waals surface area contributed by atoms with Crippen LogP contribution in [0.15, 0.2) is 36.5 Å². The van der Waals surface area contributed by atoms with E-state index in [9.17, 15) is 19.0 Å². The van der Waals surface area contributed by atoms with Crippen molar-refractivity contribution in [3.05, 3.63) is 36.5 Å².